The summed E-state index contributed by atoms with van der Waals surface area (Å²) in [6.45, 7) is 5.95. The van der Waals surface area contributed by atoms with Crippen molar-refractivity contribution >= 4 is 11.8 Å². The number of hydrogen-bond acceptors (Lipinski definition) is 4. The smallest absolute Gasteiger partial charge is 0.508 e. The Morgan fingerprint density at radius 1 is 1.40 bits per heavy atom. The Hall–Kier alpha value is -2.05. The van der Waals surface area contributed by atoms with E-state index < -0.39 is 6.09 Å². The van der Waals surface area contributed by atoms with Crippen LogP contribution in [0, 0.1) is 0 Å². The van der Waals surface area contributed by atoms with E-state index in [-0.39, 0.29) is 10.2 Å². The normalized spacial score (nSPS) is 17.4. The Morgan fingerprint density at radius 2 is 2.10 bits per heavy atom. The maximum Gasteiger partial charge on any atom is 0.518 e. The minimum Gasteiger partial charge on any atom is -0.508 e. The molecule has 108 valence electrons. The molecule has 0 aromatic heterocycles. The molecule has 1 fully saturated rings. The van der Waals surface area contributed by atoms with Crippen LogP contribution in [0.3, 0.4) is 0 Å². The molecule has 20 heavy (non-hydrogen) atoms. The van der Waals surface area contributed by atoms with E-state index in [9.17, 15) is 15.0 Å². The van der Waals surface area contributed by atoms with Crippen molar-refractivity contribution in [3.05, 3.63) is 30.9 Å². The minimum absolute atomic E-state index is 0.00107. The third kappa shape index (κ3) is 2.76. The number of amides is 1. The van der Waals surface area contributed by atoms with E-state index in [0.29, 0.717) is 44.2 Å². The summed E-state index contributed by atoms with van der Waals surface area (Å²) in [5.41, 5.74) is 0.526. The van der Waals surface area contributed by atoms with Crippen molar-refractivity contribution < 1.29 is 19.7 Å². The molecule has 1 amide bonds. The fourth-order valence-corrected chi connectivity index (χ4v) is 2.39. The lowest BCUT2D eigenvalue weighted by Crippen LogP contribution is -2.62. The van der Waals surface area contributed by atoms with Gasteiger partial charge in [0.25, 0.3) is 0 Å². The van der Waals surface area contributed by atoms with Crippen LogP contribution < -0.4 is 14.5 Å². The van der Waals surface area contributed by atoms with Crippen LogP contribution >= 0.6 is 0 Å². The summed E-state index contributed by atoms with van der Waals surface area (Å²) in [6.07, 6.45) is 0.669. The van der Waals surface area contributed by atoms with Gasteiger partial charge in [0.05, 0.1) is 0 Å². The molecular formula is C14H19N2O4+. The standard InChI is InChI=1S/C14H18N2O4/c1-2-7-20-13-9-11(8-12(17)10-13)16(14(18)19)5-3-15-4-6-16/h2,8-10,15H,1,3-7H2,(H-,17,18,19)/p+1. The fraction of sp³-hybridized carbons (Fsp3) is 0.357. The molecule has 1 heterocycles. The van der Waals surface area contributed by atoms with Gasteiger partial charge in [-0.1, -0.05) is 12.7 Å². The van der Waals surface area contributed by atoms with Gasteiger partial charge in [-0.15, -0.1) is 0 Å². The van der Waals surface area contributed by atoms with E-state index in [1.165, 1.54) is 12.1 Å². The van der Waals surface area contributed by atoms with Crippen LogP contribution in [-0.2, 0) is 0 Å². The molecule has 0 aliphatic carbocycles. The molecule has 1 aliphatic rings. The molecule has 3 N–H and O–H groups in total. The monoisotopic (exact) mass is 279 g/mol. The van der Waals surface area contributed by atoms with Gasteiger partial charge in [0.2, 0.25) is 0 Å². The quantitative estimate of drug-likeness (QED) is 0.575. The molecular weight excluding hydrogens is 260 g/mol. The highest BCUT2D eigenvalue weighted by atomic mass is 16.5. The van der Waals surface area contributed by atoms with Gasteiger partial charge in [-0.3, -0.25) is 0 Å². The van der Waals surface area contributed by atoms with E-state index >= 15 is 0 Å². The van der Waals surface area contributed by atoms with Crippen LogP contribution in [0.1, 0.15) is 0 Å². The summed E-state index contributed by atoms with van der Waals surface area (Å²) in [5.74, 6) is 0.441. The molecule has 1 saturated heterocycles. The molecule has 0 unspecified atom stereocenters. The molecule has 0 saturated carbocycles. The Balaban J connectivity index is 2.40. The molecule has 0 spiro atoms. The zero-order valence-corrected chi connectivity index (χ0v) is 11.2. The lowest BCUT2D eigenvalue weighted by molar-refractivity contribution is 0.140. The SMILES string of the molecule is C=CCOc1cc(O)cc([N+]2(C(=O)O)CCNCC2)c1. The highest BCUT2D eigenvalue weighted by Gasteiger charge is 2.41. The molecule has 0 bridgehead atoms. The second-order valence-electron chi connectivity index (χ2n) is 4.73. The van der Waals surface area contributed by atoms with Gasteiger partial charge in [0, 0.05) is 31.3 Å². The third-order valence-electron chi connectivity index (χ3n) is 3.44. The summed E-state index contributed by atoms with van der Waals surface area (Å²) in [5, 5.41) is 22.5. The summed E-state index contributed by atoms with van der Waals surface area (Å²) in [6, 6.07) is 4.62. The van der Waals surface area contributed by atoms with E-state index in [0.717, 1.165) is 0 Å². The predicted octanol–water partition coefficient (Wildman–Crippen LogP) is 1.55. The van der Waals surface area contributed by atoms with Crippen LogP contribution in [0.4, 0.5) is 10.5 Å². The number of piperazine rings is 1. The van der Waals surface area contributed by atoms with Crippen molar-refractivity contribution in [1.82, 2.24) is 9.80 Å². The van der Waals surface area contributed by atoms with Crippen molar-refractivity contribution in [2.45, 2.75) is 0 Å². The lowest BCUT2D eigenvalue weighted by atomic mass is 10.2. The van der Waals surface area contributed by atoms with Gasteiger partial charge in [-0.25, -0.2) is 0 Å². The topological polar surface area (TPSA) is 78.8 Å². The van der Waals surface area contributed by atoms with Crippen molar-refractivity contribution in [1.29, 1.82) is 0 Å². The maximum absolute atomic E-state index is 11.7. The third-order valence-corrected chi connectivity index (χ3v) is 3.44. The number of benzene rings is 1. The van der Waals surface area contributed by atoms with Gasteiger partial charge in [0.15, 0.2) is 5.69 Å². The molecule has 2 rings (SSSR count). The van der Waals surface area contributed by atoms with Crippen LogP contribution in [0.15, 0.2) is 30.9 Å². The van der Waals surface area contributed by atoms with Gasteiger partial charge in [0.1, 0.15) is 31.2 Å². The molecule has 1 aromatic rings. The number of nitrogens with one attached hydrogen (secondary N) is 1. The van der Waals surface area contributed by atoms with Crippen LogP contribution in [0.25, 0.3) is 0 Å². The molecule has 6 heteroatoms. The number of phenols is 1. The Bertz CT molecular complexity index is 510. The number of aromatic hydroxyl groups is 1. The average Bonchev–Trinajstić information content (AvgIpc) is 2.45. The van der Waals surface area contributed by atoms with Crippen molar-refractivity contribution in [3.63, 3.8) is 0 Å². The first-order valence-electron chi connectivity index (χ1n) is 6.48. The molecule has 6 nitrogen and oxygen atoms in total. The van der Waals surface area contributed by atoms with Crippen molar-refractivity contribution in [2.24, 2.45) is 0 Å². The number of quaternary nitrogens is 1. The van der Waals surface area contributed by atoms with Gasteiger partial charge < -0.3 is 20.3 Å². The van der Waals surface area contributed by atoms with Crippen molar-refractivity contribution in [3.8, 4) is 11.5 Å². The largest absolute Gasteiger partial charge is 0.518 e. The summed E-state index contributed by atoms with van der Waals surface area (Å²) >= 11 is 0. The van der Waals surface area contributed by atoms with E-state index in [1.807, 2.05) is 0 Å². The number of hydrogen-bond donors (Lipinski definition) is 3. The van der Waals surface area contributed by atoms with E-state index in [1.54, 1.807) is 12.1 Å². The zero-order chi connectivity index (χ0) is 14.6. The number of rotatable bonds is 4. The van der Waals surface area contributed by atoms with Crippen LogP contribution in [0.2, 0.25) is 0 Å². The number of carboxylic acid groups (broad SMARTS) is 1. The van der Waals surface area contributed by atoms with E-state index in [4.69, 9.17) is 4.74 Å². The highest BCUT2D eigenvalue weighted by Crippen LogP contribution is 2.33. The second kappa shape index (κ2) is 5.94. The first-order chi connectivity index (χ1) is 9.58. The van der Waals surface area contributed by atoms with Gasteiger partial charge in [-0.2, -0.15) is 9.28 Å². The Kier molecular flexibility index (Phi) is 4.26. The van der Waals surface area contributed by atoms with Crippen LogP contribution in [-0.4, -0.2) is 49.1 Å². The second-order valence-corrected chi connectivity index (χ2v) is 4.73. The maximum atomic E-state index is 11.7. The molecule has 1 aromatic carbocycles. The summed E-state index contributed by atoms with van der Waals surface area (Å²) in [7, 11) is 0. The Labute approximate surface area is 117 Å². The number of carbonyl (C=O) groups is 1. The first-order valence-corrected chi connectivity index (χ1v) is 6.48. The zero-order valence-electron chi connectivity index (χ0n) is 11.2. The Morgan fingerprint density at radius 3 is 2.70 bits per heavy atom. The number of nitrogens with zero attached hydrogens (tertiary/aromatic N) is 1. The summed E-state index contributed by atoms with van der Waals surface area (Å²) in [4.78, 5) is 11.7. The lowest BCUT2D eigenvalue weighted by Gasteiger charge is -2.35. The first kappa shape index (κ1) is 14.4. The minimum atomic E-state index is -0.924. The highest BCUT2D eigenvalue weighted by molar-refractivity contribution is 5.81. The average molecular weight is 279 g/mol. The molecule has 0 atom stereocenters. The summed E-state index contributed by atoms with van der Waals surface area (Å²) < 4.78 is 5.19. The van der Waals surface area contributed by atoms with Gasteiger partial charge in [-0.05, 0) is 0 Å². The molecule has 1 aliphatic heterocycles. The van der Waals surface area contributed by atoms with E-state index in [2.05, 4.69) is 11.9 Å². The molecule has 0 radical (unpaired) electrons. The van der Waals surface area contributed by atoms with Gasteiger partial charge >= 0.3 is 6.09 Å². The predicted molar refractivity (Wildman–Crippen MR) is 76.2 cm³/mol. The van der Waals surface area contributed by atoms with Crippen LogP contribution in [0.5, 0.6) is 11.5 Å². The fourth-order valence-electron chi connectivity index (χ4n) is 2.39. The number of phenolic OH excluding ortho intramolecular Hbond substituents is 1. The number of ether oxygens (including phenoxy) is 1. The van der Waals surface area contributed by atoms with Crippen molar-refractivity contribution in [2.75, 3.05) is 32.8 Å².